The summed E-state index contributed by atoms with van der Waals surface area (Å²) in [5, 5.41) is 1.19. The Kier molecular flexibility index (Phi) is 17.6. The number of hydrogen-bond acceptors (Lipinski definition) is 1. The van der Waals surface area contributed by atoms with Gasteiger partial charge in [-0.25, -0.2) is 87.8 Å². The minimum atomic E-state index is -7.22. The van der Waals surface area contributed by atoms with Gasteiger partial charge in [0.05, 0.1) is 0 Å². The van der Waals surface area contributed by atoms with Crippen molar-refractivity contribution in [1.29, 1.82) is 0 Å². The molecule has 0 aliphatic heterocycles. The van der Waals surface area contributed by atoms with Gasteiger partial charge >= 0.3 is 0 Å². The zero-order valence-electron chi connectivity index (χ0n) is 37.9. The summed E-state index contributed by atoms with van der Waals surface area (Å²) in [5.41, 5.74) is -11.1. The first-order valence-electron chi connectivity index (χ1n) is 22.2. The van der Waals surface area contributed by atoms with Crippen LogP contribution >= 0.6 is 0 Å². The van der Waals surface area contributed by atoms with E-state index in [-0.39, 0.29) is 5.78 Å². The lowest BCUT2D eigenvalue weighted by Gasteiger charge is -2.44. The van der Waals surface area contributed by atoms with Crippen LogP contribution in [0.4, 0.5) is 87.8 Å². The maximum absolute atomic E-state index is 15.4. The Morgan fingerprint density at radius 3 is 1.04 bits per heavy atom. The Morgan fingerprint density at radius 2 is 0.676 bits per heavy atom. The van der Waals surface area contributed by atoms with Crippen molar-refractivity contribution < 1.29 is 97.2 Å². The molecule has 7 rings (SSSR count). The summed E-state index contributed by atoms with van der Waals surface area (Å²) in [6.45, 7) is 2.67. The standard InChI is InChI=1S/C27H34NO.C24BF20/c1-2-3-4-5-6-7-8-12-18-25-21-20-23-15-13-14-19-26(23)28(25)22-27(29)24-16-10-9-11-17-24;26-5-1(6(27)14(35)21(42)13(5)34)25(2-7(28)15(36)22(43)16(37)8(2)29,3-9(30)17(38)23(44)18(39)10(3)31)4-11(32)19(40)24(45)20(41)12(4)33/h9-11,13-17,19-21H,2-8,12,18,22H2,1H3;/q+1;-1. The molecule has 6 aromatic carbocycles. The molecule has 0 aliphatic rings. The molecular weight excluding hydrogens is 1030 g/mol. The highest BCUT2D eigenvalue weighted by Gasteiger charge is 2.52. The number of carbonyl (C=O) groups excluding carboxylic acids is 1. The molecule has 0 aliphatic carbocycles. The summed E-state index contributed by atoms with van der Waals surface area (Å²) in [5.74, 6) is -71.2. The molecule has 7 aromatic rings. The van der Waals surface area contributed by atoms with Gasteiger partial charge in [-0.15, -0.1) is 21.9 Å². The van der Waals surface area contributed by atoms with Gasteiger partial charge in [0.15, 0.2) is 75.5 Å². The maximum Gasteiger partial charge on any atom is 0.227 e. The second-order valence-electron chi connectivity index (χ2n) is 16.8. The van der Waals surface area contributed by atoms with E-state index >= 15 is 35.1 Å². The third-order valence-electron chi connectivity index (χ3n) is 12.4. The van der Waals surface area contributed by atoms with Gasteiger partial charge in [-0.05, 0) is 18.6 Å². The Bertz CT molecular complexity index is 2900. The predicted molar refractivity (Wildman–Crippen MR) is 230 cm³/mol. The normalized spacial score (nSPS) is 11.6. The number of Topliss-reactive ketones (excluding diaryl/α,β-unsaturated/α-hetero) is 1. The lowest BCUT2D eigenvalue weighted by molar-refractivity contribution is -0.664. The molecule has 74 heavy (non-hydrogen) atoms. The van der Waals surface area contributed by atoms with E-state index in [1.54, 1.807) is 0 Å². The van der Waals surface area contributed by atoms with Crippen LogP contribution in [-0.2, 0) is 13.0 Å². The van der Waals surface area contributed by atoms with Crippen molar-refractivity contribution in [2.45, 2.75) is 71.3 Å². The number of aromatic nitrogens is 1. The van der Waals surface area contributed by atoms with Crippen LogP contribution in [0, 0.1) is 116 Å². The molecule has 0 bridgehead atoms. The van der Waals surface area contributed by atoms with Gasteiger partial charge in [-0.3, -0.25) is 4.79 Å². The van der Waals surface area contributed by atoms with Crippen molar-refractivity contribution >= 4 is 44.7 Å². The number of para-hydroxylation sites is 1. The van der Waals surface area contributed by atoms with Gasteiger partial charge in [-0.2, -0.15) is 4.57 Å². The molecule has 0 saturated carbocycles. The van der Waals surface area contributed by atoms with E-state index in [1.807, 2.05) is 30.3 Å². The Morgan fingerprint density at radius 1 is 0.365 bits per heavy atom. The fraction of sp³-hybridized carbons (Fsp3) is 0.216. The number of pyridine rings is 1. The van der Waals surface area contributed by atoms with Gasteiger partial charge in [0.25, 0.3) is 0 Å². The highest BCUT2D eigenvalue weighted by atomic mass is 19.2. The molecule has 0 N–H and O–H groups in total. The number of ketones is 1. The van der Waals surface area contributed by atoms with E-state index in [1.165, 1.54) is 62.4 Å². The molecule has 0 fully saturated rings. The molecule has 392 valence electrons. The van der Waals surface area contributed by atoms with Crippen LogP contribution in [0.5, 0.6) is 0 Å². The first-order chi connectivity index (χ1) is 35.0. The average molecular weight is 1070 g/mol. The highest BCUT2D eigenvalue weighted by Crippen LogP contribution is 2.31. The average Bonchev–Trinajstić information content (AvgIpc) is 3.40. The van der Waals surface area contributed by atoms with Crippen molar-refractivity contribution in [2.24, 2.45) is 0 Å². The predicted octanol–water partition coefficient (Wildman–Crippen LogP) is 12.5. The zero-order valence-corrected chi connectivity index (χ0v) is 37.9. The lowest BCUT2D eigenvalue weighted by atomic mass is 9.12. The summed E-state index contributed by atoms with van der Waals surface area (Å²) in [6, 6.07) is 22.4. The number of halogens is 20. The topological polar surface area (TPSA) is 20.9 Å². The number of hydrogen-bond donors (Lipinski definition) is 0. The van der Waals surface area contributed by atoms with E-state index in [0.29, 0.717) is 6.54 Å². The Hall–Kier alpha value is -6.94. The number of benzene rings is 6. The molecule has 0 spiro atoms. The van der Waals surface area contributed by atoms with Crippen LogP contribution in [0.1, 0.15) is 74.3 Å². The molecule has 23 heteroatoms. The zero-order chi connectivity index (χ0) is 54.7. The van der Waals surface area contributed by atoms with Crippen molar-refractivity contribution in [3.63, 3.8) is 0 Å². The van der Waals surface area contributed by atoms with E-state index in [9.17, 15) is 57.5 Å². The van der Waals surface area contributed by atoms with Gasteiger partial charge in [0.1, 0.15) is 52.7 Å². The molecule has 0 amide bonds. The largest absolute Gasteiger partial charge is 0.287 e. The number of carbonyl (C=O) groups is 1. The number of fused-ring (bicyclic) bond motifs is 1. The van der Waals surface area contributed by atoms with Crippen LogP contribution in [0.3, 0.4) is 0 Å². The van der Waals surface area contributed by atoms with Gasteiger partial charge in [-0.1, -0.05) is 94.3 Å². The van der Waals surface area contributed by atoms with Gasteiger partial charge in [0, 0.05) is 29.5 Å². The molecule has 0 atom stereocenters. The van der Waals surface area contributed by atoms with Crippen LogP contribution < -0.4 is 26.4 Å². The first-order valence-corrected chi connectivity index (χ1v) is 22.2. The van der Waals surface area contributed by atoms with Crippen molar-refractivity contribution in [3.8, 4) is 0 Å². The van der Waals surface area contributed by atoms with Crippen LogP contribution in [0.15, 0.2) is 66.7 Å². The second-order valence-corrected chi connectivity index (χ2v) is 16.8. The fourth-order valence-electron chi connectivity index (χ4n) is 8.88. The lowest BCUT2D eigenvalue weighted by Crippen LogP contribution is -2.81. The summed E-state index contributed by atoms with van der Waals surface area (Å²) in [7, 11) is 0. The van der Waals surface area contributed by atoms with E-state index < -0.39 is 144 Å². The van der Waals surface area contributed by atoms with E-state index in [2.05, 4.69) is 47.9 Å². The van der Waals surface area contributed by atoms with E-state index in [4.69, 9.17) is 0 Å². The summed E-state index contributed by atoms with van der Waals surface area (Å²) >= 11 is 0. The minimum Gasteiger partial charge on any atom is -0.287 e. The first kappa shape index (κ1) is 56.4. The number of aryl methyl sites for hydroxylation is 1. The summed E-state index contributed by atoms with van der Waals surface area (Å²) < 4.78 is 296. The molecule has 2 nitrogen and oxygen atoms in total. The van der Waals surface area contributed by atoms with Crippen molar-refractivity contribution in [2.75, 3.05) is 0 Å². The van der Waals surface area contributed by atoms with Crippen molar-refractivity contribution in [3.05, 3.63) is 194 Å². The molecule has 0 unspecified atom stereocenters. The second kappa shape index (κ2) is 23.1. The molecule has 1 aromatic heterocycles. The smallest absolute Gasteiger partial charge is 0.227 e. The SMILES string of the molecule is CCCCCCCCCCc1ccc2ccccc2[n+]1CC(=O)c1ccccc1.Fc1c(F)c(F)c([B-](c2c(F)c(F)c(F)c(F)c2F)(c2c(F)c(F)c(F)c(F)c2F)c2c(F)c(F)c(F)c(F)c2F)c(F)c1F. The van der Waals surface area contributed by atoms with Crippen LogP contribution in [0.2, 0.25) is 0 Å². The fourth-order valence-corrected chi connectivity index (χ4v) is 8.88. The third kappa shape index (κ3) is 10.0. The van der Waals surface area contributed by atoms with Crippen molar-refractivity contribution in [1.82, 2.24) is 0 Å². The number of rotatable bonds is 16. The monoisotopic (exact) mass is 1070 g/mol. The number of unbranched alkanes of at least 4 members (excludes halogenated alkanes) is 7. The minimum absolute atomic E-state index is 0.170. The summed E-state index contributed by atoms with van der Waals surface area (Å²) in [4.78, 5) is 12.9. The third-order valence-corrected chi connectivity index (χ3v) is 12.4. The highest BCUT2D eigenvalue weighted by molar-refractivity contribution is 7.20. The van der Waals surface area contributed by atoms with Crippen LogP contribution in [-0.4, -0.2) is 11.9 Å². The van der Waals surface area contributed by atoms with E-state index in [0.717, 1.165) is 17.5 Å². The molecule has 1 heterocycles. The summed E-state index contributed by atoms with van der Waals surface area (Å²) in [6.07, 6.45) is 4.36. The molecule has 0 saturated heterocycles. The Balaban J connectivity index is 0.000000265. The van der Waals surface area contributed by atoms with Crippen LogP contribution in [0.25, 0.3) is 10.9 Å². The van der Waals surface area contributed by atoms with Gasteiger partial charge < -0.3 is 0 Å². The van der Waals surface area contributed by atoms with Gasteiger partial charge in [0.2, 0.25) is 17.8 Å². The maximum atomic E-state index is 15.4. The number of nitrogens with zero attached hydrogens (tertiary/aromatic N) is 1. The molecular formula is C51H34BF20NO. The Labute approximate surface area is 406 Å². The quantitative estimate of drug-likeness (QED) is 0.0180. The molecule has 0 radical (unpaired) electrons.